The summed E-state index contributed by atoms with van der Waals surface area (Å²) >= 11 is 6.19. The normalized spacial score (nSPS) is 10.4. The molecule has 0 N–H and O–H groups in total. The van der Waals surface area contributed by atoms with Gasteiger partial charge in [0.25, 0.3) is 0 Å². The van der Waals surface area contributed by atoms with Gasteiger partial charge in [0.1, 0.15) is 5.75 Å². The average molecular weight is 235 g/mol. The van der Waals surface area contributed by atoms with Crippen LogP contribution in [0.4, 0.5) is 0 Å². The van der Waals surface area contributed by atoms with Gasteiger partial charge in [0.15, 0.2) is 0 Å². The molecule has 1 aromatic heterocycles. The number of hydrogen-bond donors (Lipinski definition) is 0. The summed E-state index contributed by atoms with van der Waals surface area (Å²) in [4.78, 5) is 0. The van der Waals surface area contributed by atoms with Gasteiger partial charge in [-0.1, -0.05) is 11.6 Å². The molecular weight excluding hydrogens is 224 g/mol. The molecule has 0 unspecified atom stereocenters. The van der Waals surface area contributed by atoms with Crippen LogP contribution < -0.4 is 4.74 Å². The molecule has 0 radical (unpaired) electrons. The Kier molecular flexibility index (Phi) is 2.76. The van der Waals surface area contributed by atoms with Crippen molar-refractivity contribution < 1.29 is 4.74 Å². The second-order valence-corrected chi connectivity index (χ2v) is 4.01. The maximum Gasteiger partial charge on any atom is 0.122 e. The number of fused-ring (bicyclic) bond motifs is 1. The predicted octanol–water partition coefficient (Wildman–Crippen LogP) is 2.91. The maximum absolute atomic E-state index is 8.75. The van der Waals surface area contributed by atoms with Crippen molar-refractivity contribution in [1.82, 2.24) is 4.57 Å². The molecule has 82 valence electrons. The number of hydrogen-bond acceptors (Lipinski definition) is 2. The van der Waals surface area contributed by atoms with Crippen LogP contribution in [0.3, 0.4) is 0 Å². The maximum atomic E-state index is 8.75. The van der Waals surface area contributed by atoms with Gasteiger partial charge in [-0.25, -0.2) is 0 Å². The summed E-state index contributed by atoms with van der Waals surface area (Å²) in [6.07, 6.45) is 2.29. The van der Waals surface area contributed by atoms with E-state index in [0.29, 0.717) is 11.4 Å². The first-order valence-electron chi connectivity index (χ1n) is 4.85. The standard InChI is InChI=1S/C12H11ClN2O/c1-15-7-8(3-4-14)12-10(13)5-9(16-2)6-11(12)15/h5-7H,3H2,1-2H3. The molecule has 0 saturated carbocycles. The fourth-order valence-corrected chi connectivity index (χ4v) is 2.19. The Labute approximate surface area is 98.8 Å². The van der Waals surface area contributed by atoms with Gasteiger partial charge in [-0.05, 0) is 11.6 Å². The van der Waals surface area contributed by atoms with Crippen LogP contribution in [0.25, 0.3) is 10.9 Å². The van der Waals surface area contributed by atoms with E-state index in [-0.39, 0.29) is 0 Å². The fourth-order valence-electron chi connectivity index (χ4n) is 1.87. The van der Waals surface area contributed by atoms with Crippen molar-refractivity contribution in [3.8, 4) is 11.8 Å². The summed E-state index contributed by atoms with van der Waals surface area (Å²) in [6, 6.07) is 5.83. The van der Waals surface area contributed by atoms with Gasteiger partial charge < -0.3 is 9.30 Å². The smallest absolute Gasteiger partial charge is 0.122 e. The van der Waals surface area contributed by atoms with E-state index < -0.39 is 0 Å². The zero-order valence-electron chi connectivity index (χ0n) is 9.12. The number of nitriles is 1. The van der Waals surface area contributed by atoms with Crippen LogP contribution in [-0.2, 0) is 13.5 Å². The van der Waals surface area contributed by atoms with E-state index in [2.05, 4.69) is 6.07 Å². The minimum Gasteiger partial charge on any atom is -0.497 e. The minimum absolute atomic E-state index is 0.364. The number of rotatable bonds is 2. The monoisotopic (exact) mass is 234 g/mol. The van der Waals surface area contributed by atoms with Gasteiger partial charge in [-0.15, -0.1) is 0 Å². The van der Waals surface area contributed by atoms with Crippen molar-refractivity contribution in [3.63, 3.8) is 0 Å². The summed E-state index contributed by atoms with van der Waals surface area (Å²) in [7, 11) is 3.54. The van der Waals surface area contributed by atoms with Crippen LogP contribution >= 0.6 is 11.6 Å². The SMILES string of the molecule is COc1cc(Cl)c2c(CC#N)cn(C)c2c1. The number of aryl methyl sites for hydroxylation is 1. The molecule has 4 heteroatoms. The third-order valence-electron chi connectivity index (χ3n) is 2.60. The van der Waals surface area contributed by atoms with Crippen LogP contribution in [-0.4, -0.2) is 11.7 Å². The molecule has 0 aliphatic carbocycles. The Morgan fingerprint density at radius 1 is 1.50 bits per heavy atom. The number of methoxy groups -OCH3 is 1. The molecule has 1 aromatic carbocycles. The zero-order valence-corrected chi connectivity index (χ0v) is 9.88. The van der Waals surface area contributed by atoms with Crippen LogP contribution in [0.15, 0.2) is 18.3 Å². The van der Waals surface area contributed by atoms with Crippen molar-refractivity contribution in [3.05, 3.63) is 28.9 Å². The highest BCUT2D eigenvalue weighted by atomic mass is 35.5. The van der Waals surface area contributed by atoms with Crippen LogP contribution in [0.5, 0.6) is 5.75 Å². The topological polar surface area (TPSA) is 37.9 Å². The molecule has 16 heavy (non-hydrogen) atoms. The highest BCUT2D eigenvalue weighted by Crippen LogP contribution is 2.32. The lowest BCUT2D eigenvalue weighted by molar-refractivity contribution is 0.415. The van der Waals surface area contributed by atoms with E-state index in [0.717, 1.165) is 22.2 Å². The third-order valence-corrected chi connectivity index (χ3v) is 2.90. The Balaban J connectivity index is 2.76. The fraction of sp³-hybridized carbons (Fsp3) is 0.250. The minimum atomic E-state index is 0.364. The summed E-state index contributed by atoms with van der Waals surface area (Å²) in [5, 5.41) is 10.3. The highest BCUT2D eigenvalue weighted by Gasteiger charge is 2.11. The van der Waals surface area contributed by atoms with Gasteiger partial charge in [0, 0.05) is 24.7 Å². The molecule has 0 spiro atoms. The Morgan fingerprint density at radius 3 is 2.88 bits per heavy atom. The van der Waals surface area contributed by atoms with Crippen molar-refractivity contribution in [2.24, 2.45) is 7.05 Å². The molecular formula is C12H11ClN2O. The predicted molar refractivity (Wildman–Crippen MR) is 63.8 cm³/mol. The van der Waals surface area contributed by atoms with Gasteiger partial charge in [0.05, 0.1) is 30.1 Å². The molecule has 0 aliphatic rings. The van der Waals surface area contributed by atoms with Crippen LogP contribution in [0.2, 0.25) is 5.02 Å². The summed E-state index contributed by atoms with van der Waals surface area (Å²) < 4.78 is 7.12. The van der Waals surface area contributed by atoms with E-state index in [9.17, 15) is 0 Å². The quantitative estimate of drug-likeness (QED) is 0.801. The van der Waals surface area contributed by atoms with E-state index in [1.165, 1.54) is 0 Å². The van der Waals surface area contributed by atoms with E-state index >= 15 is 0 Å². The number of ether oxygens (including phenoxy) is 1. The molecule has 0 saturated heterocycles. The molecule has 1 heterocycles. The van der Waals surface area contributed by atoms with Gasteiger partial charge in [-0.3, -0.25) is 0 Å². The van der Waals surface area contributed by atoms with Gasteiger partial charge in [0.2, 0.25) is 0 Å². The lowest BCUT2D eigenvalue weighted by Gasteiger charge is -2.03. The second-order valence-electron chi connectivity index (χ2n) is 3.60. The van der Waals surface area contributed by atoms with Gasteiger partial charge >= 0.3 is 0 Å². The van der Waals surface area contributed by atoms with Crippen molar-refractivity contribution in [2.45, 2.75) is 6.42 Å². The summed E-state index contributed by atoms with van der Waals surface area (Å²) in [5.74, 6) is 0.724. The molecule has 2 rings (SSSR count). The lowest BCUT2D eigenvalue weighted by Crippen LogP contribution is -1.87. The first-order valence-corrected chi connectivity index (χ1v) is 5.23. The molecule has 0 aliphatic heterocycles. The second kappa shape index (κ2) is 4.07. The van der Waals surface area contributed by atoms with Crippen LogP contribution in [0, 0.1) is 11.3 Å². The molecule has 0 atom stereocenters. The first kappa shape index (κ1) is 10.8. The average Bonchev–Trinajstić information content (AvgIpc) is 2.57. The van der Waals surface area contributed by atoms with Crippen LogP contribution in [0.1, 0.15) is 5.56 Å². The van der Waals surface area contributed by atoms with E-state index in [4.69, 9.17) is 21.6 Å². The molecule has 3 nitrogen and oxygen atoms in total. The summed E-state index contributed by atoms with van der Waals surface area (Å²) in [5.41, 5.74) is 1.93. The molecule has 0 amide bonds. The van der Waals surface area contributed by atoms with Gasteiger partial charge in [-0.2, -0.15) is 5.26 Å². The molecule has 2 aromatic rings. The number of nitrogens with zero attached hydrogens (tertiary/aromatic N) is 2. The number of halogens is 1. The molecule has 0 bridgehead atoms. The highest BCUT2D eigenvalue weighted by molar-refractivity contribution is 6.36. The Bertz CT molecular complexity index is 581. The Hall–Kier alpha value is -1.66. The van der Waals surface area contributed by atoms with Crippen molar-refractivity contribution >= 4 is 22.5 Å². The van der Waals surface area contributed by atoms with E-state index in [1.807, 2.05) is 23.9 Å². The summed E-state index contributed by atoms with van der Waals surface area (Å²) in [6.45, 7) is 0. The van der Waals surface area contributed by atoms with Crippen molar-refractivity contribution in [1.29, 1.82) is 5.26 Å². The third kappa shape index (κ3) is 1.62. The van der Waals surface area contributed by atoms with E-state index in [1.54, 1.807) is 13.2 Å². The number of aromatic nitrogens is 1. The van der Waals surface area contributed by atoms with Crippen molar-refractivity contribution in [2.75, 3.05) is 7.11 Å². The zero-order chi connectivity index (χ0) is 11.7. The largest absolute Gasteiger partial charge is 0.497 e. The molecule has 0 fully saturated rings. The Morgan fingerprint density at radius 2 is 2.25 bits per heavy atom. The first-order chi connectivity index (χ1) is 7.67. The number of benzene rings is 1. The lowest BCUT2D eigenvalue weighted by atomic mass is 10.1.